The van der Waals surface area contributed by atoms with Crippen molar-refractivity contribution in [3.8, 4) is 0 Å². The summed E-state index contributed by atoms with van der Waals surface area (Å²) in [5, 5.41) is 0. The Balaban J connectivity index is 2.28. The molecule has 0 aliphatic carbocycles. The number of benzene rings is 1. The number of hydrogen-bond acceptors (Lipinski definition) is 3. The molecule has 2 amide bonds. The van der Waals surface area contributed by atoms with Gasteiger partial charge in [-0.2, -0.15) is 0 Å². The van der Waals surface area contributed by atoms with Gasteiger partial charge in [-0.15, -0.1) is 11.6 Å². The number of carbonyl (C=O) groups is 2. The second-order valence-corrected chi connectivity index (χ2v) is 5.04. The average molecular weight is 314 g/mol. The Labute approximate surface area is 123 Å². The highest BCUT2D eigenvalue weighted by Crippen LogP contribution is 2.31. The van der Waals surface area contributed by atoms with Crippen LogP contribution in [0.3, 0.4) is 0 Å². The molecular formula is C13H10ClF2N3O2. The minimum atomic E-state index is -1.11. The van der Waals surface area contributed by atoms with Gasteiger partial charge in [0.25, 0.3) is 5.91 Å². The highest BCUT2D eigenvalue weighted by Gasteiger charge is 2.39. The predicted molar refractivity (Wildman–Crippen MR) is 70.6 cm³/mol. The van der Waals surface area contributed by atoms with Crippen molar-refractivity contribution in [2.24, 2.45) is 0 Å². The first-order valence-corrected chi connectivity index (χ1v) is 6.70. The number of amides is 2. The Bertz CT molecular complexity index is 774. The van der Waals surface area contributed by atoms with Gasteiger partial charge in [0.15, 0.2) is 11.6 Å². The summed E-state index contributed by atoms with van der Waals surface area (Å²) in [4.78, 5) is 28.8. The normalized spacial score (nSPS) is 19.0. The summed E-state index contributed by atoms with van der Waals surface area (Å²) < 4.78 is 28.8. The number of fused-ring (bicyclic) bond motifs is 1. The summed E-state index contributed by atoms with van der Waals surface area (Å²) in [5.74, 6) is -2.89. The minimum absolute atomic E-state index is 0.0859. The molecule has 21 heavy (non-hydrogen) atoms. The molecule has 2 aromatic rings. The Morgan fingerprint density at radius 3 is 2.67 bits per heavy atom. The molecule has 1 atom stereocenters. The molecule has 5 nitrogen and oxygen atoms in total. The molecule has 0 saturated carbocycles. The highest BCUT2D eigenvalue weighted by atomic mass is 35.5. The van der Waals surface area contributed by atoms with Gasteiger partial charge in [0.2, 0.25) is 5.91 Å². The molecule has 0 bridgehead atoms. The van der Waals surface area contributed by atoms with Crippen LogP contribution in [0, 0.1) is 11.6 Å². The number of likely N-dealkylation sites (N-methyl/N-ethyl adjacent to an activating group) is 1. The third-order valence-electron chi connectivity index (χ3n) is 3.61. The smallest absolute Gasteiger partial charge is 0.252 e. The summed E-state index contributed by atoms with van der Waals surface area (Å²) in [6.07, 6.45) is -0.124. The van der Waals surface area contributed by atoms with E-state index in [1.54, 1.807) is 0 Å². The first-order valence-electron chi connectivity index (χ1n) is 6.17. The molecule has 110 valence electrons. The fourth-order valence-electron chi connectivity index (χ4n) is 2.54. The minimum Gasteiger partial charge on any atom is -0.311 e. The van der Waals surface area contributed by atoms with Crippen molar-refractivity contribution in [3.63, 3.8) is 0 Å². The number of rotatable bonds is 2. The van der Waals surface area contributed by atoms with Gasteiger partial charge in [-0.3, -0.25) is 14.5 Å². The van der Waals surface area contributed by atoms with Gasteiger partial charge in [-0.1, -0.05) is 0 Å². The standard InChI is InChI=1S/C13H10ClF2N3O2/c1-18-10(20)4-8(13(18)21)19-9(5-14)17-7-3-2-6(15)11(16)12(7)19/h2-3,8H,4-5H2,1H3. The summed E-state index contributed by atoms with van der Waals surface area (Å²) >= 11 is 5.79. The molecule has 1 aromatic heterocycles. The zero-order valence-electron chi connectivity index (χ0n) is 10.9. The van der Waals surface area contributed by atoms with Gasteiger partial charge < -0.3 is 4.57 Å². The van der Waals surface area contributed by atoms with Crippen molar-refractivity contribution in [2.45, 2.75) is 18.3 Å². The summed E-state index contributed by atoms with van der Waals surface area (Å²) in [6, 6.07) is 1.32. The van der Waals surface area contributed by atoms with Gasteiger partial charge in [-0.05, 0) is 12.1 Å². The van der Waals surface area contributed by atoms with Crippen molar-refractivity contribution in [2.75, 3.05) is 7.05 Å². The van der Waals surface area contributed by atoms with E-state index in [-0.39, 0.29) is 35.1 Å². The lowest BCUT2D eigenvalue weighted by molar-refractivity contribution is -0.137. The topological polar surface area (TPSA) is 55.2 Å². The Morgan fingerprint density at radius 1 is 1.38 bits per heavy atom. The van der Waals surface area contributed by atoms with Crippen LogP contribution in [0.4, 0.5) is 8.78 Å². The Kier molecular flexibility index (Phi) is 3.16. The number of halogens is 3. The number of hydrogen-bond donors (Lipinski definition) is 0. The Hall–Kier alpha value is -2.02. The molecule has 0 spiro atoms. The van der Waals surface area contributed by atoms with E-state index in [9.17, 15) is 18.4 Å². The van der Waals surface area contributed by atoms with Crippen LogP contribution in [-0.4, -0.2) is 33.3 Å². The molecule has 1 saturated heterocycles. The van der Waals surface area contributed by atoms with Crippen molar-refractivity contribution < 1.29 is 18.4 Å². The van der Waals surface area contributed by atoms with Crippen LogP contribution in [0.15, 0.2) is 12.1 Å². The van der Waals surface area contributed by atoms with Crippen molar-refractivity contribution in [3.05, 3.63) is 29.6 Å². The lowest BCUT2D eigenvalue weighted by Crippen LogP contribution is -2.27. The molecule has 0 N–H and O–H groups in total. The van der Waals surface area contributed by atoms with Crippen LogP contribution in [0.2, 0.25) is 0 Å². The fraction of sp³-hybridized carbons (Fsp3) is 0.308. The number of likely N-dealkylation sites (tertiary alicyclic amines) is 1. The number of imidazole rings is 1. The van der Waals surface area contributed by atoms with Crippen LogP contribution in [0.5, 0.6) is 0 Å². The summed E-state index contributed by atoms with van der Waals surface area (Å²) in [6.45, 7) is 0. The maximum atomic E-state index is 14.1. The fourth-order valence-corrected chi connectivity index (χ4v) is 2.73. The second-order valence-electron chi connectivity index (χ2n) is 4.77. The molecule has 3 rings (SSSR count). The van der Waals surface area contributed by atoms with Gasteiger partial charge >= 0.3 is 0 Å². The van der Waals surface area contributed by atoms with Crippen LogP contribution >= 0.6 is 11.6 Å². The van der Waals surface area contributed by atoms with E-state index in [1.165, 1.54) is 17.7 Å². The largest absolute Gasteiger partial charge is 0.311 e. The average Bonchev–Trinajstić information content (AvgIpc) is 2.96. The molecule has 1 unspecified atom stereocenters. The van der Waals surface area contributed by atoms with Crippen molar-refractivity contribution in [1.29, 1.82) is 0 Å². The molecule has 1 aliphatic rings. The first-order chi connectivity index (χ1) is 9.95. The van der Waals surface area contributed by atoms with E-state index in [0.29, 0.717) is 0 Å². The quantitative estimate of drug-likeness (QED) is 0.629. The van der Waals surface area contributed by atoms with Crippen LogP contribution in [0.1, 0.15) is 18.3 Å². The summed E-state index contributed by atoms with van der Waals surface area (Å²) in [7, 11) is 1.35. The van der Waals surface area contributed by atoms with E-state index < -0.39 is 23.6 Å². The number of alkyl halides is 1. The second kappa shape index (κ2) is 4.77. The number of aromatic nitrogens is 2. The molecule has 1 fully saturated rings. The van der Waals surface area contributed by atoms with Crippen LogP contribution in [-0.2, 0) is 15.5 Å². The van der Waals surface area contributed by atoms with E-state index in [4.69, 9.17) is 11.6 Å². The van der Waals surface area contributed by atoms with E-state index in [1.807, 2.05) is 0 Å². The Morgan fingerprint density at radius 2 is 2.10 bits per heavy atom. The molecule has 0 radical (unpaired) electrons. The van der Waals surface area contributed by atoms with E-state index in [0.717, 1.165) is 11.0 Å². The van der Waals surface area contributed by atoms with Crippen molar-refractivity contribution >= 4 is 34.4 Å². The zero-order valence-corrected chi connectivity index (χ0v) is 11.7. The maximum Gasteiger partial charge on any atom is 0.252 e. The third-order valence-corrected chi connectivity index (χ3v) is 3.84. The van der Waals surface area contributed by atoms with Gasteiger partial charge in [0.1, 0.15) is 17.4 Å². The number of nitrogens with zero attached hydrogens (tertiary/aromatic N) is 3. The monoisotopic (exact) mass is 313 g/mol. The van der Waals surface area contributed by atoms with Gasteiger partial charge in [-0.25, -0.2) is 13.8 Å². The molecule has 8 heteroatoms. The predicted octanol–water partition coefficient (Wildman–Crippen LogP) is 1.98. The lowest BCUT2D eigenvalue weighted by Gasteiger charge is -2.14. The van der Waals surface area contributed by atoms with E-state index in [2.05, 4.69) is 4.98 Å². The molecule has 1 aromatic carbocycles. The van der Waals surface area contributed by atoms with Crippen LogP contribution in [0.25, 0.3) is 11.0 Å². The van der Waals surface area contributed by atoms with Gasteiger partial charge in [0.05, 0.1) is 17.8 Å². The number of imide groups is 1. The zero-order chi connectivity index (χ0) is 15.3. The third kappa shape index (κ3) is 1.91. The van der Waals surface area contributed by atoms with Gasteiger partial charge in [0, 0.05) is 7.05 Å². The van der Waals surface area contributed by atoms with Crippen LogP contribution < -0.4 is 0 Å². The molecule has 2 heterocycles. The first kappa shape index (κ1) is 13.9. The molecule has 1 aliphatic heterocycles. The van der Waals surface area contributed by atoms with E-state index >= 15 is 0 Å². The summed E-state index contributed by atoms with van der Waals surface area (Å²) in [5.41, 5.74) is 0.0476. The van der Waals surface area contributed by atoms with Crippen molar-refractivity contribution in [1.82, 2.24) is 14.5 Å². The number of carbonyl (C=O) groups excluding carboxylic acids is 2. The lowest BCUT2D eigenvalue weighted by atomic mass is 10.2. The highest BCUT2D eigenvalue weighted by molar-refractivity contribution is 6.17. The SMILES string of the molecule is CN1C(=O)CC(n2c(CCl)nc3ccc(F)c(F)c32)C1=O. The maximum absolute atomic E-state index is 14.1. The molecular weight excluding hydrogens is 304 g/mol.